The lowest BCUT2D eigenvalue weighted by Crippen LogP contribution is -2.46. The predicted octanol–water partition coefficient (Wildman–Crippen LogP) is 4.05. The molecule has 3 rings (SSSR count). The fourth-order valence-electron chi connectivity index (χ4n) is 2.75. The highest BCUT2D eigenvalue weighted by molar-refractivity contribution is 9.10. The molecule has 0 amide bonds. The van der Waals surface area contributed by atoms with E-state index in [9.17, 15) is 8.78 Å². The summed E-state index contributed by atoms with van der Waals surface area (Å²) in [6.07, 6.45) is 0. The average molecular weight is 367 g/mol. The Bertz CT molecular complexity index is 655. The summed E-state index contributed by atoms with van der Waals surface area (Å²) >= 11 is 3.22. The van der Waals surface area contributed by atoms with Crippen LogP contribution in [0.3, 0.4) is 0 Å². The van der Waals surface area contributed by atoms with Crippen molar-refractivity contribution in [2.75, 3.05) is 31.1 Å². The second kappa shape index (κ2) is 6.75. The summed E-state index contributed by atoms with van der Waals surface area (Å²) in [5.74, 6) is -0.411. The molecular weight excluding hydrogens is 350 g/mol. The van der Waals surface area contributed by atoms with Gasteiger partial charge in [0.1, 0.15) is 11.6 Å². The topological polar surface area (TPSA) is 6.48 Å². The Balaban J connectivity index is 1.60. The van der Waals surface area contributed by atoms with Crippen molar-refractivity contribution in [1.82, 2.24) is 4.90 Å². The Hall–Kier alpha value is -1.46. The van der Waals surface area contributed by atoms with Gasteiger partial charge >= 0.3 is 0 Å². The average Bonchev–Trinajstić information content (AvgIpc) is 2.52. The Labute approximate surface area is 137 Å². The van der Waals surface area contributed by atoms with Crippen molar-refractivity contribution in [3.63, 3.8) is 0 Å². The van der Waals surface area contributed by atoms with Gasteiger partial charge in [-0.25, -0.2) is 8.78 Å². The van der Waals surface area contributed by atoms with Crippen LogP contribution in [-0.4, -0.2) is 31.1 Å². The fraction of sp³-hybridized carbons (Fsp3) is 0.294. The number of para-hydroxylation sites is 1. The molecule has 0 bridgehead atoms. The van der Waals surface area contributed by atoms with Crippen molar-refractivity contribution < 1.29 is 8.78 Å². The third kappa shape index (κ3) is 3.47. The quantitative estimate of drug-likeness (QED) is 0.808. The van der Waals surface area contributed by atoms with E-state index in [0.717, 1.165) is 38.3 Å². The second-order valence-corrected chi connectivity index (χ2v) is 6.32. The van der Waals surface area contributed by atoms with E-state index in [1.165, 1.54) is 12.1 Å². The van der Waals surface area contributed by atoms with E-state index >= 15 is 0 Å². The lowest BCUT2D eigenvalue weighted by molar-refractivity contribution is 0.249. The van der Waals surface area contributed by atoms with Gasteiger partial charge in [0.25, 0.3) is 0 Å². The SMILES string of the molecule is Fc1ccc(CN2CCN(c3ccccc3F)CC2)cc1Br. The van der Waals surface area contributed by atoms with Gasteiger partial charge in [-0.3, -0.25) is 4.90 Å². The van der Waals surface area contributed by atoms with Crippen LogP contribution in [0.5, 0.6) is 0 Å². The number of hydrogen-bond acceptors (Lipinski definition) is 2. The van der Waals surface area contributed by atoms with Crippen molar-refractivity contribution in [2.24, 2.45) is 0 Å². The number of anilines is 1. The van der Waals surface area contributed by atoms with Crippen LogP contribution >= 0.6 is 15.9 Å². The van der Waals surface area contributed by atoms with Crippen LogP contribution in [0.15, 0.2) is 46.9 Å². The molecular formula is C17H17BrF2N2. The molecule has 22 heavy (non-hydrogen) atoms. The normalized spacial score (nSPS) is 16.0. The Kier molecular flexibility index (Phi) is 4.74. The Morgan fingerprint density at radius 1 is 0.909 bits per heavy atom. The fourth-order valence-corrected chi connectivity index (χ4v) is 3.18. The van der Waals surface area contributed by atoms with E-state index < -0.39 is 0 Å². The number of halogens is 3. The molecule has 116 valence electrons. The molecule has 1 heterocycles. The summed E-state index contributed by atoms with van der Waals surface area (Å²) in [6.45, 7) is 4.10. The van der Waals surface area contributed by atoms with Crippen LogP contribution in [0.25, 0.3) is 0 Å². The van der Waals surface area contributed by atoms with Crippen LogP contribution in [0.4, 0.5) is 14.5 Å². The number of hydrogen-bond donors (Lipinski definition) is 0. The molecule has 1 aliphatic heterocycles. The lowest BCUT2D eigenvalue weighted by Gasteiger charge is -2.36. The zero-order chi connectivity index (χ0) is 15.5. The van der Waals surface area contributed by atoms with Crippen molar-refractivity contribution >= 4 is 21.6 Å². The number of rotatable bonds is 3. The zero-order valence-corrected chi connectivity index (χ0v) is 13.7. The van der Waals surface area contributed by atoms with Gasteiger partial charge in [0, 0.05) is 32.7 Å². The van der Waals surface area contributed by atoms with Crippen molar-refractivity contribution in [1.29, 1.82) is 0 Å². The zero-order valence-electron chi connectivity index (χ0n) is 12.1. The van der Waals surface area contributed by atoms with Crippen LogP contribution in [0, 0.1) is 11.6 Å². The van der Waals surface area contributed by atoms with Gasteiger partial charge in [-0.05, 0) is 45.8 Å². The number of benzene rings is 2. The molecule has 2 aromatic carbocycles. The van der Waals surface area contributed by atoms with Crippen LogP contribution < -0.4 is 4.90 Å². The third-order valence-corrected chi connectivity index (χ3v) is 4.56. The molecule has 1 fully saturated rings. The van der Waals surface area contributed by atoms with Crippen molar-refractivity contribution in [3.8, 4) is 0 Å². The highest BCUT2D eigenvalue weighted by Crippen LogP contribution is 2.22. The summed E-state index contributed by atoms with van der Waals surface area (Å²) in [6, 6.07) is 12.0. The van der Waals surface area contributed by atoms with Gasteiger partial charge in [0.2, 0.25) is 0 Å². The smallest absolute Gasteiger partial charge is 0.146 e. The molecule has 0 aromatic heterocycles. The van der Waals surface area contributed by atoms with E-state index in [2.05, 4.69) is 25.7 Å². The third-order valence-electron chi connectivity index (χ3n) is 3.96. The molecule has 0 atom stereocenters. The molecule has 0 aliphatic carbocycles. The summed E-state index contributed by atoms with van der Waals surface area (Å²) in [5, 5.41) is 0. The van der Waals surface area contributed by atoms with Gasteiger partial charge in [-0.2, -0.15) is 0 Å². The molecule has 0 radical (unpaired) electrons. The highest BCUT2D eigenvalue weighted by Gasteiger charge is 2.19. The summed E-state index contributed by atoms with van der Waals surface area (Å²) in [5.41, 5.74) is 1.75. The molecule has 0 spiro atoms. The number of nitrogens with zero attached hydrogens (tertiary/aromatic N) is 2. The minimum Gasteiger partial charge on any atom is -0.367 e. The number of piperazine rings is 1. The van der Waals surface area contributed by atoms with E-state index in [0.29, 0.717) is 10.2 Å². The monoisotopic (exact) mass is 366 g/mol. The Morgan fingerprint density at radius 3 is 2.32 bits per heavy atom. The molecule has 5 heteroatoms. The van der Waals surface area contributed by atoms with Gasteiger partial charge in [-0.15, -0.1) is 0 Å². The van der Waals surface area contributed by atoms with E-state index in [1.54, 1.807) is 6.07 Å². The predicted molar refractivity (Wildman–Crippen MR) is 88.0 cm³/mol. The van der Waals surface area contributed by atoms with Gasteiger partial charge in [0.05, 0.1) is 10.2 Å². The van der Waals surface area contributed by atoms with Gasteiger partial charge in [-0.1, -0.05) is 18.2 Å². The van der Waals surface area contributed by atoms with Crippen molar-refractivity contribution in [3.05, 3.63) is 64.1 Å². The minimum absolute atomic E-state index is 0.168. The largest absolute Gasteiger partial charge is 0.367 e. The molecule has 0 N–H and O–H groups in total. The summed E-state index contributed by atoms with van der Waals surface area (Å²) in [4.78, 5) is 4.38. The summed E-state index contributed by atoms with van der Waals surface area (Å²) < 4.78 is 27.6. The molecule has 2 aromatic rings. The van der Waals surface area contributed by atoms with E-state index in [-0.39, 0.29) is 11.6 Å². The first kappa shape index (κ1) is 15.4. The molecule has 0 unspecified atom stereocenters. The van der Waals surface area contributed by atoms with Crippen LogP contribution in [0.1, 0.15) is 5.56 Å². The first-order chi connectivity index (χ1) is 10.6. The van der Waals surface area contributed by atoms with E-state index in [4.69, 9.17) is 0 Å². The van der Waals surface area contributed by atoms with E-state index in [1.807, 2.05) is 24.3 Å². The molecule has 2 nitrogen and oxygen atoms in total. The summed E-state index contributed by atoms with van der Waals surface area (Å²) in [7, 11) is 0. The first-order valence-electron chi connectivity index (χ1n) is 7.29. The molecule has 1 aliphatic rings. The lowest BCUT2D eigenvalue weighted by atomic mass is 10.2. The highest BCUT2D eigenvalue weighted by atomic mass is 79.9. The van der Waals surface area contributed by atoms with Crippen LogP contribution in [0.2, 0.25) is 0 Å². The minimum atomic E-state index is -0.242. The second-order valence-electron chi connectivity index (χ2n) is 5.46. The van der Waals surface area contributed by atoms with Crippen LogP contribution in [-0.2, 0) is 6.54 Å². The standard InChI is InChI=1S/C17H17BrF2N2/c18-14-11-13(5-6-15(14)19)12-21-7-9-22(10-8-21)17-4-2-1-3-16(17)20/h1-6,11H,7-10,12H2. The first-order valence-corrected chi connectivity index (χ1v) is 8.08. The van der Waals surface area contributed by atoms with Gasteiger partial charge < -0.3 is 4.90 Å². The maximum absolute atomic E-state index is 13.8. The van der Waals surface area contributed by atoms with Gasteiger partial charge in [0.15, 0.2) is 0 Å². The maximum Gasteiger partial charge on any atom is 0.146 e. The Morgan fingerprint density at radius 2 is 1.64 bits per heavy atom. The maximum atomic E-state index is 13.8. The molecule has 0 saturated carbocycles. The molecule has 1 saturated heterocycles. The van der Waals surface area contributed by atoms with Crippen molar-refractivity contribution in [2.45, 2.75) is 6.54 Å².